The predicted octanol–water partition coefficient (Wildman–Crippen LogP) is 6.80. The standard InChI is InChI=1S/C23H15Cl2F2N5O/c24-14-9-15(25)11-19(10-14)30-22(33)13-2-1-3-18(8-13)31-23-28-12-20(27)21(32-23)29-17-6-4-16(26)5-7-17/h1-12H,(H,30,33)(H2,28,29,31,32). The number of nitrogens with one attached hydrogen (secondary N) is 3. The fraction of sp³-hybridized carbons (Fsp3) is 0. The number of amides is 1. The van der Waals surface area contributed by atoms with E-state index in [-0.39, 0.29) is 17.7 Å². The number of aromatic nitrogens is 2. The van der Waals surface area contributed by atoms with E-state index in [1.165, 1.54) is 24.3 Å². The number of carbonyl (C=O) groups is 1. The SMILES string of the molecule is O=C(Nc1cc(Cl)cc(Cl)c1)c1cccc(Nc2ncc(F)c(Nc3ccc(F)cc3)n2)c1. The Morgan fingerprint density at radius 1 is 0.818 bits per heavy atom. The fourth-order valence-corrected chi connectivity index (χ4v) is 3.41. The summed E-state index contributed by atoms with van der Waals surface area (Å²) in [5.74, 6) is -1.46. The summed E-state index contributed by atoms with van der Waals surface area (Å²) in [6.45, 7) is 0. The Morgan fingerprint density at radius 2 is 1.55 bits per heavy atom. The monoisotopic (exact) mass is 485 g/mol. The lowest BCUT2D eigenvalue weighted by molar-refractivity contribution is 0.102. The van der Waals surface area contributed by atoms with Crippen molar-refractivity contribution in [2.75, 3.05) is 16.0 Å². The first-order valence-corrected chi connectivity index (χ1v) is 10.3. The lowest BCUT2D eigenvalue weighted by Crippen LogP contribution is -2.12. The second kappa shape index (κ2) is 9.81. The zero-order valence-corrected chi connectivity index (χ0v) is 18.3. The predicted molar refractivity (Wildman–Crippen MR) is 126 cm³/mol. The molecule has 4 rings (SSSR count). The molecule has 33 heavy (non-hydrogen) atoms. The largest absolute Gasteiger partial charge is 0.338 e. The van der Waals surface area contributed by atoms with E-state index >= 15 is 0 Å². The van der Waals surface area contributed by atoms with Crippen LogP contribution in [-0.2, 0) is 0 Å². The van der Waals surface area contributed by atoms with Gasteiger partial charge >= 0.3 is 0 Å². The van der Waals surface area contributed by atoms with Crippen LogP contribution >= 0.6 is 23.2 Å². The highest BCUT2D eigenvalue weighted by atomic mass is 35.5. The molecule has 0 aliphatic carbocycles. The van der Waals surface area contributed by atoms with Gasteiger partial charge in [0.05, 0.1) is 6.20 Å². The molecular formula is C23H15Cl2F2N5O. The Kier molecular flexibility index (Phi) is 6.67. The molecular weight excluding hydrogens is 471 g/mol. The van der Waals surface area contributed by atoms with Gasteiger partial charge in [0.25, 0.3) is 5.91 Å². The summed E-state index contributed by atoms with van der Waals surface area (Å²) in [6.07, 6.45) is 1.00. The quantitative estimate of drug-likeness (QED) is 0.279. The van der Waals surface area contributed by atoms with E-state index in [4.69, 9.17) is 23.2 Å². The van der Waals surface area contributed by atoms with Gasteiger partial charge in [-0.2, -0.15) is 4.98 Å². The van der Waals surface area contributed by atoms with Gasteiger partial charge in [0.15, 0.2) is 11.6 Å². The molecule has 10 heteroatoms. The lowest BCUT2D eigenvalue weighted by Gasteiger charge is -2.11. The summed E-state index contributed by atoms with van der Waals surface area (Å²) in [6, 6.07) is 16.7. The molecule has 6 nitrogen and oxygen atoms in total. The van der Waals surface area contributed by atoms with Crippen molar-refractivity contribution in [2.45, 2.75) is 0 Å². The number of halogens is 4. The molecule has 0 fully saturated rings. The van der Waals surface area contributed by atoms with Crippen molar-refractivity contribution in [1.82, 2.24) is 9.97 Å². The van der Waals surface area contributed by atoms with Crippen molar-refractivity contribution < 1.29 is 13.6 Å². The van der Waals surface area contributed by atoms with E-state index in [2.05, 4.69) is 25.9 Å². The number of benzene rings is 3. The molecule has 0 bridgehead atoms. The van der Waals surface area contributed by atoms with Crippen LogP contribution in [0.4, 0.5) is 37.6 Å². The molecule has 0 unspecified atom stereocenters. The molecule has 0 saturated carbocycles. The van der Waals surface area contributed by atoms with Crippen molar-refractivity contribution in [3.05, 3.63) is 100 Å². The van der Waals surface area contributed by atoms with Gasteiger partial charge < -0.3 is 16.0 Å². The summed E-state index contributed by atoms with van der Waals surface area (Å²) < 4.78 is 27.2. The Labute approximate surface area is 197 Å². The fourth-order valence-electron chi connectivity index (χ4n) is 2.88. The average molecular weight is 486 g/mol. The van der Waals surface area contributed by atoms with E-state index in [0.717, 1.165) is 6.20 Å². The van der Waals surface area contributed by atoms with Gasteiger partial charge in [-0.05, 0) is 60.7 Å². The van der Waals surface area contributed by atoms with E-state index in [9.17, 15) is 13.6 Å². The third kappa shape index (κ3) is 5.94. The number of rotatable bonds is 6. The molecule has 0 aliphatic heterocycles. The normalized spacial score (nSPS) is 10.5. The zero-order chi connectivity index (χ0) is 23.4. The van der Waals surface area contributed by atoms with E-state index in [1.807, 2.05) is 0 Å². The second-order valence-corrected chi connectivity index (χ2v) is 7.71. The van der Waals surface area contributed by atoms with Gasteiger partial charge in [0.1, 0.15) is 5.82 Å². The molecule has 0 saturated heterocycles. The minimum atomic E-state index is -0.682. The number of hydrogen-bond acceptors (Lipinski definition) is 5. The summed E-state index contributed by atoms with van der Waals surface area (Å²) in [7, 11) is 0. The first-order valence-electron chi connectivity index (χ1n) is 9.55. The number of hydrogen-bond donors (Lipinski definition) is 3. The summed E-state index contributed by atoms with van der Waals surface area (Å²) in [5.41, 5.74) is 1.77. The van der Waals surface area contributed by atoms with Crippen LogP contribution in [0.2, 0.25) is 10.0 Å². The Bertz CT molecular complexity index is 1300. The second-order valence-electron chi connectivity index (χ2n) is 6.84. The van der Waals surface area contributed by atoms with Gasteiger partial charge in [-0.3, -0.25) is 4.79 Å². The molecule has 1 aromatic heterocycles. The van der Waals surface area contributed by atoms with Gasteiger partial charge in [0, 0.05) is 32.7 Å². The minimum absolute atomic E-state index is 0.0918. The van der Waals surface area contributed by atoms with Gasteiger partial charge in [-0.1, -0.05) is 29.3 Å². The molecule has 3 N–H and O–H groups in total. The van der Waals surface area contributed by atoms with Crippen molar-refractivity contribution in [2.24, 2.45) is 0 Å². The molecule has 0 spiro atoms. The van der Waals surface area contributed by atoms with Crippen LogP contribution < -0.4 is 16.0 Å². The Balaban J connectivity index is 1.50. The first kappa shape index (κ1) is 22.4. The van der Waals surface area contributed by atoms with Crippen LogP contribution in [0.5, 0.6) is 0 Å². The third-order valence-electron chi connectivity index (χ3n) is 4.35. The average Bonchev–Trinajstić information content (AvgIpc) is 2.77. The van der Waals surface area contributed by atoms with Gasteiger partial charge in [0.2, 0.25) is 5.95 Å². The van der Waals surface area contributed by atoms with Crippen LogP contribution in [0.15, 0.2) is 72.9 Å². The van der Waals surface area contributed by atoms with Crippen LogP contribution in [0.25, 0.3) is 0 Å². The zero-order valence-electron chi connectivity index (χ0n) is 16.7. The highest BCUT2D eigenvalue weighted by Gasteiger charge is 2.11. The van der Waals surface area contributed by atoms with E-state index in [0.29, 0.717) is 32.7 Å². The Hall–Kier alpha value is -3.75. The van der Waals surface area contributed by atoms with Crippen molar-refractivity contribution in [1.29, 1.82) is 0 Å². The van der Waals surface area contributed by atoms with Crippen LogP contribution in [0, 0.1) is 11.6 Å². The summed E-state index contributed by atoms with van der Waals surface area (Å²) >= 11 is 11.9. The smallest absolute Gasteiger partial charge is 0.255 e. The minimum Gasteiger partial charge on any atom is -0.338 e. The molecule has 1 heterocycles. The maximum atomic E-state index is 14.1. The number of nitrogens with zero attached hydrogens (tertiary/aromatic N) is 2. The molecule has 0 radical (unpaired) electrons. The highest BCUT2D eigenvalue weighted by Crippen LogP contribution is 2.24. The third-order valence-corrected chi connectivity index (χ3v) is 4.79. The molecule has 0 atom stereocenters. The van der Waals surface area contributed by atoms with Crippen LogP contribution in [-0.4, -0.2) is 15.9 Å². The lowest BCUT2D eigenvalue weighted by atomic mass is 10.2. The first-order chi connectivity index (χ1) is 15.9. The molecule has 1 amide bonds. The van der Waals surface area contributed by atoms with Gasteiger partial charge in [-0.15, -0.1) is 0 Å². The highest BCUT2D eigenvalue weighted by molar-refractivity contribution is 6.35. The topological polar surface area (TPSA) is 78.9 Å². The van der Waals surface area contributed by atoms with Crippen LogP contribution in [0.3, 0.4) is 0 Å². The molecule has 3 aromatic carbocycles. The van der Waals surface area contributed by atoms with E-state index < -0.39 is 11.6 Å². The summed E-state index contributed by atoms with van der Waals surface area (Å²) in [4.78, 5) is 20.7. The number of anilines is 5. The van der Waals surface area contributed by atoms with Crippen molar-refractivity contribution >= 4 is 57.9 Å². The van der Waals surface area contributed by atoms with Gasteiger partial charge in [-0.25, -0.2) is 13.8 Å². The molecule has 0 aliphatic rings. The number of carbonyl (C=O) groups excluding carboxylic acids is 1. The van der Waals surface area contributed by atoms with E-state index in [1.54, 1.807) is 42.5 Å². The summed E-state index contributed by atoms with van der Waals surface area (Å²) in [5, 5.41) is 9.22. The van der Waals surface area contributed by atoms with Crippen molar-refractivity contribution in [3.8, 4) is 0 Å². The van der Waals surface area contributed by atoms with Crippen LogP contribution in [0.1, 0.15) is 10.4 Å². The maximum Gasteiger partial charge on any atom is 0.255 e. The maximum absolute atomic E-state index is 14.1. The molecule has 4 aromatic rings. The molecule has 166 valence electrons. The van der Waals surface area contributed by atoms with Crippen molar-refractivity contribution in [3.63, 3.8) is 0 Å². The Morgan fingerprint density at radius 3 is 2.27 bits per heavy atom.